The number of halogens is 1. The minimum atomic E-state index is -0.327. The van der Waals surface area contributed by atoms with Crippen molar-refractivity contribution in [3.8, 4) is 16.9 Å². The van der Waals surface area contributed by atoms with Crippen molar-refractivity contribution in [2.45, 2.75) is 13.8 Å². The van der Waals surface area contributed by atoms with Gasteiger partial charge in [0.05, 0.1) is 6.61 Å². The zero-order valence-corrected chi connectivity index (χ0v) is 10.4. The summed E-state index contributed by atoms with van der Waals surface area (Å²) in [6, 6.07) is 8.17. The standard InChI is InChI=1S/C14H15FN2O/c1-3-18-12-7-10(6-11(15)8-12)13-4-5-14(16)17-9(13)2/h4-8H,3H2,1-2H3,(H2,16,17). The minimum absolute atomic E-state index is 0.327. The van der Waals surface area contributed by atoms with Crippen molar-refractivity contribution in [2.24, 2.45) is 0 Å². The van der Waals surface area contributed by atoms with Crippen LogP contribution < -0.4 is 10.5 Å². The van der Waals surface area contributed by atoms with E-state index < -0.39 is 0 Å². The quantitative estimate of drug-likeness (QED) is 0.904. The Kier molecular flexibility index (Phi) is 3.46. The van der Waals surface area contributed by atoms with Crippen LogP contribution in [-0.4, -0.2) is 11.6 Å². The molecular formula is C14H15FN2O. The number of ether oxygens (including phenoxy) is 1. The number of nitrogen functional groups attached to an aromatic ring is 1. The summed E-state index contributed by atoms with van der Waals surface area (Å²) in [4.78, 5) is 4.17. The van der Waals surface area contributed by atoms with Crippen LogP contribution in [0.15, 0.2) is 30.3 Å². The maximum absolute atomic E-state index is 13.5. The van der Waals surface area contributed by atoms with Crippen LogP contribution in [0.1, 0.15) is 12.6 Å². The molecule has 0 aliphatic rings. The lowest BCUT2D eigenvalue weighted by Gasteiger charge is -2.09. The molecule has 18 heavy (non-hydrogen) atoms. The Hall–Kier alpha value is -2.10. The van der Waals surface area contributed by atoms with E-state index in [0.717, 1.165) is 16.8 Å². The molecule has 0 spiro atoms. The molecule has 0 saturated carbocycles. The highest BCUT2D eigenvalue weighted by Crippen LogP contribution is 2.27. The van der Waals surface area contributed by atoms with Gasteiger partial charge < -0.3 is 10.5 Å². The van der Waals surface area contributed by atoms with Gasteiger partial charge in [-0.05, 0) is 43.7 Å². The molecule has 0 aliphatic carbocycles. The van der Waals surface area contributed by atoms with Gasteiger partial charge in [-0.3, -0.25) is 0 Å². The molecule has 94 valence electrons. The molecule has 0 radical (unpaired) electrons. The van der Waals surface area contributed by atoms with E-state index in [4.69, 9.17) is 10.5 Å². The highest BCUT2D eigenvalue weighted by Gasteiger charge is 2.07. The number of hydrogen-bond acceptors (Lipinski definition) is 3. The summed E-state index contributed by atoms with van der Waals surface area (Å²) in [6.07, 6.45) is 0. The third-order valence-corrected chi connectivity index (χ3v) is 2.60. The van der Waals surface area contributed by atoms with E-state index in [9.17, 15) is 4.39 Å². The van der Waals surface area contributed by atoms with E-state index >= 15 is 0 Å². The molecule has 0 unspecified atom stereocenters. The zero-order valence-electron chi connectivity index (χ0n) is 10.4. The molecule has 0 saturated heterocycles. The van der Waals surface area contributed by atoms with E-state index in [1.807, 2.05) is 19.9 Å². The van der Waals surface area contributed by atoms with Crippen molar-refractivity contribution in [3.05, 3.63) is 41.8 Å². The van der Waals surface area contributed by atoms with Crippen LogP contribution >= 0.6 is 0 Å². The first kappa shape index (κ1) is 12.4. The van der Waals surface area contributed by atoms with Gasteiger partial charge in [0, 0.05) is 17.3 Å². The summed E-state index contributed by atoms with van der Waals surface area (Å²) >= 11 is 0. The van der Waals surface area contributed by atoms with E-state index in [1.54, 1.807) is 12.1 Å². The van der Waals surface area contributed by atoms with Crippen LogP contribution in [-0.2, 0) is 0 Å². The maximum atomic E-state index is 13.5. The first-order chi connectivity index (χ1) is 8.60. The summed E-state index contributed by atoms with van der Waals surface area (Å²) in [7, 11) is 0. The van der Waals surface area contributed by atoms with Crippen LogP contribution in [0, 0.1) is 12.7 Å². The van der Waals surface area contributed by atoms with Crippen molar-refractivity contribution in [1.29, 1.82) is 0 Å². The van der Waals surface area contributed by atoms with Crippen LogP contribution in [0.2, 0.25) is 0 Å². The van der Waals surface area contributed by atoms with Gasteiger partial charge in [0.15, 0.2) is 0 Å². The third kappa shape index (κ3) is 2.59. The molecular weight excluding hydrogens is 231 g/mol. The molecule has 0 fully saturated rings. The maximum Gasteiger partial charge on any atom is 0.127 e. The fourth-order valence-corrected chi connectivity index (χ4v) is 1.85. The van der Waals surface area contributed by atoms with E-state index in [-0.39, 0.29) is 5.82 Å². The lowest BCUT2D eigenvalue weighted by atomic mass is 10.0. The van der Waals surface area contributed by atoms with Gasteiger partial charge in [-0.1, -0.05) is 0 Å². The molecule has 1 aromatic carbocycles. The number of pyridine rings is 1. The lowest BCUT2D eigenvalue weighted by Crippen LogP contribution is -1.96. The normalized spacial score (nSPS) is 10.4. The van der Waals surface area contributed by atoms with Gasteiger partial charge in [0.2, 0.25) is 0 Å². The van der Waals surface area contributed by atoms with E-state index in [1.165, 1.54) is 12.1 Å². The van der Waals surface area contributed by atoms with E-state index in [0.29, 0.717) is 18.2 Å². The van der Waals surface area contributed by atoms with Crippen LogP contribution in [0.25, 0.3) is 11.1 Å². The number of rotatable bonds is 3. The topological polar surface area (TPSA) is 48.1 Å². The van der Waals surface area contributed by atoms with Crippen LogP contribution in [0.3, 0.4) is 0 Å². The van der Waals surface area contributed by atoms with Gasteiger partial charge in [0.1, 0.15) is 17.4 Å². The first-order valence-electron chi connectivity index (χ1n) is 5.77. The summed E-state index contributed by atoms with van der Waals surface area (Å²) in [6.45, 7) is 4.21. The van der Waals surface area contributed by atoms with Gasteiger partial charge in [-0.25, -0.2) is 9.37 Å². The molecule has 1 aromatic heterocycles. The molecule has 3 nitrogen and oxygen atoms in total. The Morgan fingerprint density at radius 1 is 1.28 bits per heavy atom. The Labute approximate surface area is 105 Å². The number of aryl methyl sites for hydroxylation is 1. The van der Waals surface area contributed by atoms with Crippen molar-refractivity contribution < 1.29 is 9.13 Å². The number of anilines is 1. The summed E-state index contributed by atoms with van der Waals surface area (Å²) < 4.78 is 18.8. The van der Waals surface area contributed by atoms with Crippen molar-refractivity contribution in [2.75, 3.05) is 12.3 Å². The Bertz CT molecular complexity index is 570. The number of aromatic nitrogens is 1. The monoisotopic (exact) mass is 246 g/mol. The van der Waals surface area contributed by atoms with E-state index in [2.05, 4.69) is 4.98 Å². The molecule has 0 atom stereocenters. The van der Waals surface area contributed by atoms with Crippen molar-refractivity contribution in [1.82, 2.24) is 4.98 Å². The summed E-state index contributed by atoms with van der Waals surface area (Å²) in [5.41, 5.74) is 7.96. The van der Waals surface area contributed by atoms with Gasteiger partial charge in [0.25, 0.3) is 0 Å². The van der Waals surface area contributed by atoms with Gasteiger partial charge >= 0.3 is 0 Å². The molecule has 2 rings (SSSR count). The van der Waals surface area contributed by atoms with Gasteiger partial charge in [-0.15, -0.1) is 0 Å². The highest BCUT2D eigenvalue weighted by atomic mass is 19.1. The second-order valence-electron chi connectivity index (χ2n) is 3.98. The lowest BCUT2D eigenvalue weighted by molar-refractivity contribution is 0.338. The summed E-state index contributed by atoms with van der Waals surface area (Å²) in [5.74, 6) is 0.647. The molecule has 1 heterocycles. The largest absolute Gasteiger partial charge is 0.494 e. The second-order valence-corrected chi connectivity index (χ2v) is 3.98. The van der Waals surface area contributed by atoms with Crippen molar-refractivity contribution in [3.63, 3.8) is 0 Å². The smallest absolute Gasteiger partial charge is 0.127 e. The molecule has 0 bridgehead atoms. The highest BCUT2D eigenvalue weighted by molar-refractivity contribution is 5.68. The number of hydrogen-bond donors (Lipinski definition) is 1. The molecule has 2 N–H and O–H groups in total. The minimum Gasteiger partial charge on any atom is -0.494 e. The molecule has 4 heteroatoms. The van der Waals surface area contributed by atoms with Crippen LogP contribution in [0.5, 0.6) is 5.75 Å². The molecule has 0 aliphatic heterocycles. The van der Waals surface area contributed by atoms with Gasteiger partial charge in [-0.2, -0.15) is 0 Å². The number of benzene rings is 1. The Balaban J connectivity index is 2.49. The zero-order chi connectivity index (χ0) is 13.1. The third-order valence-electron chi connectivity index (χ3n) is 2.60. The average molecular weight is 246 g/mol. The molecule has 0 amide bonds. The fraction of sp³-hybridized carbons (Fsp3) is 0.214. The first-order valence-corrected chi connectivity index (χ1v) is 5.77. The second kappa shape index (κ2) is 5.04. The average Bonchev–Trinajstić information content (AvgIpc) is 2.28. The predicted octanol–water partition coefficient (Wildman–Crippen LogP) is 3.18. The predicted molar refractivity (Wildman–Crippen MR) is 69.9 cm³/mol. The van der Waals surface area contributed by atoms with Crippen molar-refractivity contribution >= 4 is 5.82 Å². The molecule has 2 aromatic rings. The Morgan fingerprint density at radius 2 is 2.06 bits per heavy atom. The van der Waals surface area contributed by atoms with Crippen LogP contribution in [0.4, 0.5) is 10.2 Å². The SMILES string of the molecule is CCOc1cc(F)cc(-c2ccc(N)nc2C)c1. The summed E-state index contributed by atoms with van der Waals surface area (Å²) in [5, 5.41) is 0. The fourth-order valence-electron chi connectivity index (χ4n) is 1.85. The number of nitrogens with zero attached hydrogens (tertiary/aromatic N) is 1. The number of nitrogens with two attached hydrogens (primary N) is 1. The Morgan fingerprint density at radius 3 is 2.72 bits per heavy atom.